The highest BCUT2D eigenvalue weighted by Gasteiger charge is 2.31. The van der Waals surface area contributed by atoms with Crippen LogP contribution in [0.4, 0.5) is 37.7 Å². The Morgan fingerprint density at radius 1 is 0.759 bits per heavy atom. The molecule has 1 heterocycles. The quantitative estimate of drug-likeness (QED) is 0.567. The van der Waals surface area contributed by atoms with E-state index in [9.17, 15) is 31.1 Å². The molecule has 1 aliphatic heterocycles. The van der Waals surface area contributed by atoms with E-state index in [-0.39, 0.29) is 17.2 Å². The number of rotatable bonds is 4. The molecule has 1 aliphatic rings. The Morgan fingerprint density at radius 2 is 1.14 bits per heavy atom. The van der Waals surface area contributed by atoms with Gasteiger partial charge in [0.15, 0.2) is 5.78 Å². The molecule has 157 valence electrons. The zero-order valence-corrected chi connectivity index (χ0v) is 16.6. The van der Waals surface area contributed by atoms with Gasteiger partial charge in [-0.05, 0) is 23.3 Å². The zero-order valence-electron chi connectivity index (χ0n) is 15.6. The van der Waals surface area contributed by atoms with Crippen molar-refractivity contribution in [1.82, 2.24) is 0 Å². The van der Waals surface area contributed by atoms with Gasteiger partial charge < -0.3 is 10.6 Å². The summed E-state index contributed by atoms with van der Waals surface area (Å²) in [6, 6.07) is 8.95. The minimum Gasteiger partial charge on any atom is -0.377 e. The number of halogens is 6. The molecule has 0 atom stereocenters. The van der Waals surface area contributed by atoms with Gasteiger partial charge in [-0.3, -0.25) is 4.79 Å². The largest absolute Gasteiger partial charge is 0.405 e. The molecule has 0 bridgehead atoms. The van der Waals surface area contributed by atoms with Gasteiger partial charge >= 0.3 is 12.4 Å². The van der Waals surface area contributed by atoms with E-state index in [1.165, 1.54) is 24.3 Å². The van der Waals surface area contributed by atoms with Crippen LogP contribution in [0, 0.1) is 0 Å². The van der Waals surface area contributed by atoms with E-state index in [0.29, 0.717) is 21.5 Å². The first kappa shape index (κ1) is 21.2. The summed E-state index contributed by atoms with van der Waals surface area (Å²) in [5.41, 5.74) is 1.32. The van der Waals surface area contributed by atoms with Crippen molar-refractivity contribution in [2.75, 3.05) is 23.7 Å². The first-order chi connectivity index (χ1) is 13.3. The number of anilines is 2. The fourth-order valence-corrected chi connectivity index (χ4v) is 6.50. The summed E-state index contributed by atoms with van der Waals surface area (Å²) in [5.74, 6) is -0.286. The second-order valence-corrected chi connectivity index (χ2v) is 11.7. The molecule has 3 nitrogen and oxygen atoms in total. The first-order valence-corrected chi connectivity index (χ1v) is 11.7. The van der Waals surface area contributed by atoms with Gasteiger partial charge in [0.25, 0.3) is 0 Å². The Morgan fingerprint density at radius 3 is 1.48 bits per heavy atom. The molecule has 0 aromatic heterocycles. The molecule has 2 N–H and O–H groups in total. The van der Waals surface area contributed by atoms with Crippen LogP contribution in [-0.2, 0) is 0 Å². The van der Waals surface area contributed by atoms with Gasteiger partial charge in [0.05, 0.1) is 0 Å². The molecule has 2 aromatic carbocycles. The van der Waals surface area contributed by atoms with Crippen molar-refractivity contribution in [1.29, 1.82) is 0 Å². The van der Waals surface area contributed by atoms with Crippen LogP contribution < -0.4 is 21.0 Å². The highest BCUT2D eigenvalue weighted by atomic mass is 28.3. The molecule has 29 heavy (non-hydrogen) atoms. The zero-order chi connectivity index (χ0) is 21.6. The number of carbonyl (C=O) groups is 1. The van der Waals surface area contributed by atoms with Gasteiger partial charge in [0.1, 0.15) is 13.1 Å². The number of ketones is 1. The lowest BCUT2D eigenvalue weighted by atomic mass is 10.0. The van der Waals surface area contributed by atoms with Gasteiger partial charge in [0.2, 0.25) is 0 Å². The Labute approximate surface area is 164 Å². The third-order valence-corrected chi connectivity index (χ3v) is 8.38. The van der Waals surface area contributed by atoms with E-state index in [4.69, 9.17) is 0 Å². The number of benzene rings is 2. The van der Waals surface area contributed by atoms with Crippen LogP contribution in [-0.4, -0.2) is 39.3 Å². The molecule has 3 rings (SSSR count). The summed E-state index contributed by atoms with van der Waals surface area (Å²) in [5, 5.41) is 5.91. The summed E-state index contributed by atoms with van der Waals surface area (Å²) < 4.78 is 75.0. The molecule has 0 unspecified atom stereocenters. The highest BCUT2D eigenvalue weighted by molar-refractivity contribution is 7.02. The van der Waals surface area contributed by atoms with E-state index < -0.39 is 33.5 Å². The maximum atomic E-state index is 12.9. The number of nitrogens with one attached hydrogen (secondary N) is 2. The Balaban J connectivity index is 1.98. The van der Waals surface area contributed by atoms with Crippen molar-refractivity contribution in [3.8, 4) is 0 Å². The molecule has 0 spiro atoms. The topological polar surface area (TPSA) is 41.1 Å². The van der Waals surface area contributed by atoms with E-state index in [1.54, 1.807) is 12.1 Å². The third-order valence-electron chi connectivity index (χ3n) is 4.86. The maximum absolute atomic E-state index is 12.9. The average Bonchev–Trinajstić information content (AvgIpc) is 2.61. The van der Waals surface area contributed by atoms with Crippen molar-refractivity contribution in [2.45, 2.75) is 25.4 Å². The summed E-state index contributed by atoms with van der Waals surface area (Å²) in [6.45, 7) is 1.42. The smallest absolute Gasteiger partial charge is 0.377 e. The minimum atomic E-state index is -4.38. The molecule has 0 radical (unpaired) electrons. The molecule has 2 aromatic rings. The van der Waals surface area contributed by atoms with E-state index in [0.717, 1.165) is 0 Å². The molecule has 0 saturated carbocycles. The number of hydrogen-bond acceptors (Lipinski definition) is 3. The fraction of sp³-hybridized carbons (Fsp3) is 0.316. The van der Waals surface area contributed by atoms with Crippen LogP contribution in [0.3, 0.4) is 0 Å². The summed E-state index contributed by atoms with van der Waals surface area (Å²) in [6.07, 6.45) is -8.77. The summed E-state index contributed by atoms with van der Waals surface area (Å²) in [4.78, 5) is 12.9. The van der Waals surface area contributed by atoms with Crippen LogP contribution in [0.15, 0.2) is 36.4 Å². The van der Waals surface area contributed by atoms with Gasteiger partial charge in [0, 0.05) is 11.4 Å². The number of alkyl halides is 6. The van der Waals surface area contributed by atoms with Gasteiger partial charge in [-0.2, -0.15) is 49.8 Å². The molecular formula is C19H18F6N2OSi-. The molecule has 0 saturated heterocycles. The van der Waals surface area contributed by atoms with Crippen LogP contribution >= 0.6 is 0 Å². The standard InChI is InChI=1S/C19H18F6N2OSi/c1-29(2)15-7-11(26-9-18(20,21)22)3-5-13(15)17(28)14-6-4-12(8-16(14)29)27-10-19(23,24)25/h3-8,26-27H,9-10H2,1-2H3/q-1. The van der Waals surface area contributed by atoms with Gasteiger partial charge in [-0.1, -0.05) is 32.3 Å². The molecule has 0 aliphatic carbocycles. The monoisotopic (exact) mass is 432 g/mol. The Bertz CT molecular complexity index is 879. The minimum absolute atomic E-state index is 0.240. The highest BCUT2D eigenvalue weighted by Crippen LogP contribution is 2.25. The predicted molar refractivity (Wildman–Crippen MR) is 102 cm³/mol. The lowest BCUT2D eigenvalue weighted by Crippen LogP contribution is -2.59. The van der Waals surface area contributed by atoms with Crippen molar-refractivity contribution < 1.29 is 31.1 Å². The Hall–Kier alpha value is -2.49. The fourth-order valence-electron chi connectivity index (χ4n) is 3.43. The van der Waals surface area contributed by atoms with Gasteiger partial charge in [-0.15, -0.1) is 0 Å². The maximum Gasteiger partial charge on any atom is 0.405 e. The predicted octanol–water partition coefficient (Wildman–Crippen LogP) is 4.00. The van der Waals surface area contributed by atoms with Crippen molar-refractivity contribution in [3.05, 3.63) is 47.5 Å². The second kappa shape index (κ2) is 7.08. The number of carbonyl (C=O) groups excluding carboxylic acids is 1. The lowest BCUT2D eigenvalue weighted by molar-refractivity contribution is -0.116. The summed E-state index contributed by atoms with van der Waals surface area (Å²) in [7, 11) is -2.55. The average molecular weight is 432 g/mol. The normalized spacial score (nSPS) is 15.5. The second-order valence-electron chi connectivity index (χ2n) is 7.41. The van der Waals surface area contributed by atoms with Crippen LogP contribution in [0.1, 0.15) is 15.9 Å². The molecule has 0 amide bonds. The summed E-state index contributed by atoms with van der Waals surface area (Å²) >= 11 is 0. The lowest BCUT2D eigenvalue weighted by Gasteiger charge is -2.43. The molecular weight excluding hydrogens is 414 g/mol. The SMILES string of the molecule is C[Si-]1(C)c2cc(NCC(F)(F)F)ccc2C(=O)c2ccc(NCC(F)(F)F)cc21. The van der Waals surface area contributed by atoms with Gasteiger partial charge in [-0.25, -0.2) is 0 Å². The van der Waals surface area contributed by atoms with Crippen molar-refractivity contribution in [3.63, 3.8) is 0 Å². The van der Waals surface area contributed by atoms with Crippen LogP contribution in [0.5, 0.6) is 0 Å². The van der Waals surface area contributed by atoms with E-state index in [1.807, 2.05) is 13.1 Å². The van der Waals surface area contributed by atoms with Crippen LogP contribution in [0.25, 0.3) is 0 Å². The third kappa shape index (κ3) is 4.57. The van der Waals surface area contributed by atoms with Crippen molar-refractivity contribution in [2.24, 2.45) is 0 Å². The van der Waals surface area contributed by atoms with E-state index in [2.05, 4.69) is 10.6 Å². The number of hydrogen-bond donors (Lipinski definition) is 2. The molecule has 10 heteroatoms. The van der Waals surface area contributed by atoms with E-state index >= 15 is 0 Å². The Kier molecular flexibility index (Phi) is 5.18. The van der Waals surface area contributed by atoms with Crippen LogP contribution in [0.2, 0.25) is 13.1 Å². The van der Waals surface area contributed by atoms with Crippen molar-refractivity contribution >= 4 is 35.6 Å². The first-order valence-electron chi connectivity index (χ1n) is 8.73. The number of fused-ring (bicyclic) bond motifs is 2. The molecule has 0 fully saturated rings.